The zero-order chi connectivity index (χ0) is 29.2. The number of ether oxygens (including phenoxy) is 2. The minimum atomic E-state index is -0.805. The maximum Gasteiger partial charge on any atom is 0.315 e. The number of rotatable bonds is 9. The largest absolute Gasteiger partial charge is 0.445 e. The van der Waals surface area contributed by atoms with Gasteiger partial charge in [-0.15, -0.1) is 29.6 Å². The number of hydrogen-bond donors (Lipinski definition) is 0. The zero-order valence-electron chi connectivity index (χ0n) is 24.0. The lowest BCUT2D eigenvalue weighted by Crippen LogP contribution is -2.52. The van der Waals surface area contributed by atoms with Crippen LogP contribution in [-0.4, -0.2) is 42.4 Å². The number of hydrogen-bond acceptors (Lipinski definition) is 5. The van der Waals surface area contributed by atoms with Crippen LogP contribution >= 0.6 is 23.2 Å². The van der Waals surface area contributed by atoms with E-state index in [1.165, 1.54) is 18.1 Å². The number of anilines is 1. The number of nitrogens with zero attached hydrogens (tertiary/aromatic N) is 1. The molecule has 2 saturated carbocycles. The molecule has 0 saturated heterocycles. The Morgan fingerprint density at radius 1 is 1.05 bits per heavy atom. The molecule has 3 aliphatic rings. The number of carbonyl (C=O) groups excluding carboxylic acids is 2. The molecule has 0 aromatic heterocycles. The van der Waals surface area contributed by atoms with E-state index in [1.807, 2.05) is 30.3 Å². The standard InChI is InChI=1S/C34H39Cl2NO4/c1-4-34(41-23(2)38)16-14-31-30-11-7-25-22-27(10-12-28(25)29(30)13-15-33(31,34)3)40-32(39)21-24-5-8-26(9-6-24)37(19-17-35)20-18-36/h1,5-6,8-10,12,22,29-31H,7,11,13-21H2,2-3H3/t29-,30?,31+,33+,34+/m0/s1. The average molecular weight is 597 g/mol. The van der Waals surface area contributed by atoms with E-state index >= 15 is 0 Å². The molecule has 5 rings (SSSR count). The SMILES string of the molecule is C#C[C@@]1(OC(C)=O)CC[C@@H]2C3CCc4cc(OC(=O)Cc5ccc(N(CCCl)CCCl)cc5)ccc4[C@@H]3CC[C@]21C. The first-order valence-corrected chi connectivity index (χ1v) is 15.8. The van der Waals surface area contributed by atoms with Gasteiger partial charge in [0.2, 0.25) is 0 Å². The molecule has 41 heavy (non-hydrogen) atoms. The van der Waals surface area contributed by atoms with Gasteiger partial charge in [0.1, 0.15) is 5.75 Å². The maximum absolute atomic E-state index is 12.8. The monoisotopic (exact) mass is 595 g/mol. The van der Waals surface area contributed by atoms with Crippen molar-refractivity contribution in [2.45, 2.75) is 70.3 Å². The van der Waals surface area contributed by atoms with Crippen molar-refractivity contribution in [1.29, 1.82) is 0 Å². The summed E-state index contributed by atoms with van der Waals surface area (Å²) < 4.78 is 11.7. The molecule has 2 aromatic carbocycles. The van der Waals surface area contributed by atoms with Crippen LogP contribution in [0.25, 0.3) is 0 Å². The molecule has 3 aliphatic carbocycles. The molecule has 0 heterocycles. The third-order valence-electron chi connectivity index (χ3n) is 9.96. The lowest BCUT2D eigenvalue weighted by molar-refractivity contribution is -0.165. The van der Waals surface area contributed by atoms with Crippen molar-refractivity contribution in [3.8, 4) is 18.1 Å². The van der Waals surface area contributed by atoms with Gasteiger partial charge in [-0.2, -0.15) is 0 Å². The second-order valence-electron chi connectivity index (χ2n) is 12.0. The quantitative estimate of drug-likeness (QED) is 0.136. The van der Waals surface area contributed by atoms with Crippen molar-refractivity contribution < 1.29 is 19.1 Å². The topological polar surface area (TPSA) is 55.8 Å². The first kappa shape index (κ1) is 29.8. The third kappa shape index (κ3) is 5.71. The molecule has 0 spiro atoms. The number of esters is 2. The summed E-state index contributed by atoms with van der Waals surface area (Å²) in [5, 5.41) is 0. The molecule has 2 fully saturated rings. The number of aryl methyl sites for hydroxylation is 1. The van der Waals surface area contributed by atoms with Gasteiger partial charge in [0.15, 0.2) is 5.60 Å². The highest BCUT2D eigenvalue weighted by Crippen LogP contribution is 2.65. The highest BCUT2D eigenvalue weighted by atomic mass is 35.5. The Bertz CT molecular complexity index is 1310. The number of carbonyl (C=O) groups is 2. The van der Waals surface area contributed by atoms with Crippen molar-refractivity contribution in [1.82, 2.24) is 0 Å². The highest BCUT2D eigenvalue weighted by Gasteiger charge is 2.63. The van der Waals surface area contributed by atoms with E-state index in [9.17, 15) is 9.59 Å². The normalized spacial score (nSPS) is 28.0. The Morgan fingerprint density at radius 3 is 2.44 bits per heavy atom. The van der Waals surface area contributed by atoms with Crippen LogP contribution in [0.4, 0.5) is 5.69 Å². The molecule has 0 radical (unpaired) electrons. The van der Waals surface area contributed by atoms with Gasteiger partial charge in [0.25, 0.3) is 0 Å². The lowest BCUT2D eigenvalue weighted by atomic mass is 9.53. The van der Waals surface area contributed by atoms with Crippen molar-refractivity contribution >= 4 is 40.8 Å². The molecule has 218 valence electrons. The maximum atomic E-state index is 12.8. The second-order valence-corrected chi connectivity index (χ2v) is 12.8. The molecule has 5 nitrogen and oxygen atoms in total. The van der Waals surface area contributed by atoms with Crippen LogP contribution in [0.15, 0.2) is 42.5 Å². The molecule has 1 unspecified atom stereocenters. The molecule has 0 bridgehead atoms. The van der Waals surface area contributed by atoms with Crippen molar-refractivity contribution in [3.63, 3.8) is 0 Å². The molecular weight excluding hydrogens is 557 g/mol. The van der Waals surface area contributed by atoms with Crippen LogP contribution in [-0.2, 0) is 27.2 Å². The van der Waals surface area contributed by atoms with Gasteiger partial charge in [0, 0.05) is 42.9 Å². The van der Waals surface area contributed by atoms with Crippen LogP contribution in [0, 0.1) is 29.6 Å². The first-order chi connectivity index (χ1) is 19.7. The first-order valence-electron chi connectivity index (χ1n) is 14.7. The molecule has 7 heteroatoms. The summed E-state index contributed by atoms with van der Waals surface area (Å²) >= 11 is 11.9. The summed E-state index contributed by atoms with van der Waals surface area (Å²) in [5.74, 6) is 5.37. The van der Waals surface area contributed by atoms with E-state index in [0.717, 1.165) is 62.9 Å². The molecular formula is C34H39Cl2NO4. The third-order valence-corrected chi connectivity index (χ3v) is 10.3. The van der Waals surface area contributed by atoms with E-state index in [1.54, 1.807) is 0 Å². The van der Waals surface area contributed by atoms with Gasteiger partial charge >= 0.3 is 11.9 Å². The van der Waals surface area contributed by atoms with Crippen LogP contribution in [0.5, 0.6) is 5.75 Å². The summed E-state index contributed by atoms with van der Waals surface area (Å²) in [6, 6.07) is 14.0. The van der Waals surface area contributed by atoms with Crippen LogP contribution in [0.1, 0.15) is 68.6 Å². The minimum absolute atomic E-state index is 0.201. The Balaban J connectivity index is 1.24. The molecule has 0 aliphatic heterocycles. The Morgan fingerprint density at radius 2 is 1.78 bits per heavy atom. The van der Waals surface area contributed by atoms with Gasteiger partial charge in [-0.25, -0.2) is 0 Å². The van der Waals surface area contributed by atoms with Gasteiger partial charge in [-0.1, -0.05) is 31.0 Å². The Kier molecular flexibility index (Phi) is 8.92. The highest BCUT2D eigenvalue weighted by molar-refractivity contribution is 6.18. The van der Waals surface area contributed by atoms with Gasteiger partial charge in [-0.3, -0.25) is 9.59 Å². The fraction of sp³-hybridized carbons (Fsp3) is 0.529. The number of halogens is 2. The molecule has 0 N–H and O–H groups in total. The average Bonchev–Trinajstić information content (AvgIpc) is 3.24. The summed E-state index contributed by atoms with van der Waals surface area (Å²) in [7, 11) is 0. The molecule has 5 atom stereocenters. The fourth-order valence-corrected chi connectivity index (χ4v) is 8.44. The van der Waals surface area contributed by atoms with E-state index in [4.69, 9.17) is 39.1 Å². The number of alkyl halides is 2. The predicted octanol–water partition coefficient (Wildman–Crippen LogP) is 6.91. The van der Waals surface area contributed by atoms with Crippen LogP contribution in [0.2, 0.25) is 0 Å². The predicted molar refractivity (Wildman–Crippen MR) is 164 cm³/mol. The molecule has 2 aromatic rings. The number of benzene rings is 2. The summed E-state index contributed by atoms with van der Waals surface area (Å²) in [6.07, 6.45) is 11.9. The van der Waals surface area contributed by atoms with Gasteiger partial charge in [-0.05, 0) is 97.2 Å². The zero-order valence-corrected chi connectivity index (χ0v) is 25.5. The van der Waals surface area contributed by atoms with Crippen molar-refractivity contribution in [2.24, 2.45) is 17.3 Å². The smallest absolute Gasteiger partial charge is 0.315 e. The van der Waals surface area contributed by atoms with E-state index in [-0.39, 0.29) is 23.8 Å². The fourth-order valence-electron chi connectivity index (χ4n) is 8.03. The summed E-state index contributed by atoms with van der Waals surface area (Å²) in [4.78, 5) is 26.9. The lowest BCUT2D eigenvalue weighted by Gasteiger charge is -2.52. The van der Waals surface area contributed by atoms with Gasteiger partial charge < -0.3 is 14.4 Å². The van der Waals surface area contributed by atoms with Crippen LogP contribution < -0.4 is 9.64 Å². The van der Waals surface area contributed by atoms with Crippen LogP contribution in [0.3, 0.4) is 0 Å². The summed E-state index contributed by atoms with van der Waals surface area (Å²) in [5.41, 5.74) is 3.56. The second kappa shape index (κ2) is 12.3. The molecule has 0 amide bonds. The van der Waals surface area contributed by atoms with E-state index in [2.05, 4.69) is 29.9 Å². The number of terminal acetylenes is 1. The van der Waals surface area contributed by atoms with Gasteiger partial charge in [0.05, 0.1) is 6.42 Å². The Labute approximate surface area is 253 Å². The minimum Gasteiger partial charge on any atom is -0.445 e. The summed E-state index contributed by atoms with van der Waals surface area (Å²) in [6.45, 7) is 5.13. The van der Waals surface area contributed by atoms with Crippen molar-refractivity contribution in [2.75, 3.05) is 29.7 Å². The van der Waals surface area contributed by atoms with E-state index < -0.39 is 5.60 Å². The van der Waals surface area contributed by atoms with Crippen molar-refractivity contribution in [3.05, 3.63) is 59.2 Å². The Hall–Kier alpha value is -2.68. The van der Waals surface area contributed by atoms with E-state index in [0.29, 0.717) is 35.3 Å². The number of fused-ring (bicyclic) bond motifs is 5.